The molecular formula is C18H21ClN2O4. The second kappa shape index (κ2) is 9.66. The minimum Gasteiger partial charge on any atom is -0.494 e. The first-order chi connectivity index (χ1) is 11.6. The highest BCUT2D eigenvalue weighted by Crippen LogP contribution is 2.29. The van der Waals surface area contributed by atoms with Crippen LogP contribution >= 0.6 is 12.4 Å². The fourth-order valence-corrected chi connectivity index (χ4v) is 2.30. The number of carbonyl (C=O) groups excluding carboxylic acids is 2. The smallest absolute Gasteiger partial charge is 0.341 e. The van der Waals surface area contributed by atoms with Crippen LogP contribution in [0.25, 0.3) is 0 Å². The number of nitrogens with one attached hydrogen (secondary N) is 1. The van der Waals surface area contributed by atoms with E-state index in [0.717, 1.165) is 11.1 Å². The third-order valence-electron chi connectivity index (χ3n) is 3.52. The van der Waals surface area contributed by atoms with E-state index in [1.54, 1.807) is 18.2 Å². The predicted molar refractivity (Wildman–Crippen MR) is 98.2 cm³/mol. The van der Waals surface area contributed by atoms with E-state index in [9.17, 15) is 9.59 Å². The largest absolute Gasteiger partial charge is 0.494 e. The molecule has 2 aromatic carbocycles. The van der Waals surface area contributed by atoms with Crippen LogP contribution in [0.2, 0.25) is 0 Å². The maximum atomic E-state index is 12.2. The fourth-order valence-electron chi connectivity index (χ4n) is 2.30. The summed E-state index contributed by atoms with van der Waals surface area (Å²) in [6.07, 6.45) is 0.205. The Bertz CT molecular complexity index is 732. The Kier molecular flexibility index (Phi) is 7.91. The van der Waals surface area contributed by atoms with Gasteiger partial charge in [-0.05, 0) is 23.3 Å². The molecule has 0 atom stereocenters. The molecule has 3 N–H and O–H groups in total. The molecule has 0 fully saturated rings. The number of hydrogen-bond donors (Lipinski definition) is 2. The molecule has 25 heavy (non-hydrogen) atoms. The molecule has 2 rings (SSSR count). The van der Waals surface area contributed by atoms with Crippen molar-refractivity contribution < 1.29 is 19.1 Å². The predicted octanol–water partition coefficient (Wildman–Crippen LogP) is 2.54. The number of para-hydroxylation sites is 1. The summed E-state index contributed by atoms with van der Waals surface area (Å²) < 4.78 is 9.97. The molecule has 0 aliphatic heterocycles. The van der Waals surface area contributed by atoms with E-state index in [2.05, 4.69) is 5.32 Å². The number of ether oxygens (including phenoxy) is 2. The summed E-state index contributed by atoms with van der Waals surface area (Å²) in [7, 11) is 2.72. The van der Waals surface area contributed by atoms with E-state index in [1.807, 2.05) is 24.3 Å². The van der Waals surface area contributed by atoms with Gasteiger partial charge in [0.2, 0.25) is 5.91 Å². The molecule has 0 saturated heterocycles. The Morgan fingerprint density at radius 2 is 1.68 bits per heavy atom. The van der Waals surface area contributed by atoms with E-state index in [-0.39, 0.29) is 36.0 Å². The third-order valence-corrected chi connectivity index (χ3v) is 3.52. The number of nitrogens with two attached hydrogens (primary N) is 1. The minimum absolute atomic E-state index is 0. The van der Waals surface area contributed by atoms with E-state index in [4.69, 9.17) is 15.2 Å². The van der Waals surface area contributed by atoms with Crippen LogP contribution in [0.1, 0.15) is 21.5 Å². The normalized spacial score (nSPS) is 9.72. The van der Waals surface area contributed by atoms with Gasteiger partial charge in [-0.3, -0.25) is 4.79 Å². The van der Waals surface area contributed by atoms with Crippen LogP contribution in [0.5, 0.6) is 5.75 Å². The summed E-state index contributed by atoms with van der Waals surface area (Å²) in [4.78, 5) is 24.0. The summed E-state index contributed by atoms with van der Waals surface area (Å²) in [5.74, 6) is -0.465. The van der Waals surface area contributed by atoms with Gasteiger partial charge in [0.25, 0.3) is 0 Å². The maximum Gasteiger partial charge on any atom is 0.341 e. The molecule has 0 aliphatic carbocycles. The number of methoxy groups -OCH3 is 2. The monoisotopic (exact) mass is 364 g/mol. The van der Waals surface area contributed by atoms with Crippen molar-refractivity contribution in [2.75, 3.05) is 19.5 Å². The quantitative estimate of drug-likeness (QED) is 0.769. The number of esters is 1. The van der Waals surface area contributed by atoms with Crippen LogP contribution in [-0.2, 0) is 22.5 Å². The SMILES string of the molecule is COC(=O)c1cccc(NC(=O)Cc2ccc(CN)cc2)c1OC.Cl. The molecule has 7 heteroatoms. The third kappa shape index (κ3) is 5.20. The van der Waals surface area contributed by atoms with Crippen LogP contribution in [-0.4, -0.2) is 26.1 Å². The zero-order valence-electron chi connectivity index (χ0n) is 14.1. The molecule has 0 saturated carbocycles. The number of halogens is 1. The van der Waals surface area contributed by atoms with E-state index < -0.39 is 5.97 Å². The summed E-state index contributed by atoms with van der Waals surface area (Å²) in [6.45, 7) is 0.462. The number of hydrogen-bond acceptors (Lipinski definition) is 5. The minimum atomic E-state index is -0.527. The van der Waals surface area contributed by atoms with Crippen molar-refractivity contribution >= 4 is 30.0 Å². The molecule has 0 heterocycles. The molecule has 0 bridgehead atoms. The van der Waals surface area contributed by atoms with Crippen LogP contribution < -0.4 is 15.8 Å². The van der Waals surface area contributed by atoms with Crippen molar-refractivity contribution in [2.45, 2.75) is 13.0 Å². The Morgan fingerprint density at radius 3 is 2.24 bits per heavy atom. The average Bonchev–Trinajstić information content (AvgIpc) is 2.61. The standard InChI is InChI=1S/C18H20N2O4.ClH/c1-23-17-14(18(22)24-2)4-3-5-15(17)20-16(21)10-12-6-8-13(11-19)9-7-12;/h3-9H,10-11,19H2,1-2H3,(H,20,21);1H. The lowest BCUT2D eigenvalue weighted by atomic mass is 10.1. The molecule has 134 valence electrons. The van der Waals surface area contributed by atoms with E-state index in [0.29, 0.717) is 12.2 Å². The lowest BCUT2D eigenvalue weighted by Crippen LogP contribution is -2.16. The molecule has 0 unspecified atom stereocenters. The van der Waals surface area contributed by atoms with Crippen LogP contribution in [0, 0.1) is 0 Å². The van der Waals surface area contributed by atoms with Gasteiger partial charge in [0, 0.05) is 6.54 Å². The second-order valence-corrected chi connectivity index (χ2v) is 5.12. The van der Waals surface area contributed by atoms with E-state index in [1.165, 1.54) is 14.2 Å². The zero-order chi connectivity index (χ0) is 17.5. The highest BCUT2D eigenvalue weighted by molar-refractivity contribution is 5.99. The second-order valence-electron chi connectivity index (χ2n) is 5.12. The van der Waals surface area contributed by atoms with Crippen molar-refractivity contribution in [2.24, 2.45) is 5.73 Å². The van der Waals surface area contributed by atoms with Gasteiger partial charge in [-0.2, -0.15) is 0 Å². The van der Waals surface area contributed by atoms with Crippen LogP contribution in [0.15, 0.2) is 42.5 Å². The summed E-state index contributed by atoms with van der Waals surface area (Å²) in [6, 6.07) is 12.4. The first kappa shape index (κ1) is 20.5. The molecule has 0 radical (unpaired) electrons. The lowest BCUT2D eigenvalue weighted by Gasteiger charge is -2.13. The first-order valence-corrected chi connectivity index (χ1v) is 7.42. The van der Waals surface area contributed by atoms with Crippen molar-refractivity contribution in [3.63, 3.8) is 0 Å². The average molecular weight is 365 g/mol. The first-order valence-electron chi connectivity index (χ1n) is 7.42. The van der Waals surface area contributed by atoms with Gasteiger partial charge in [0.15, 0.2) is 5.75 Å². The zero-order valence-corrected chi connectivity index (χ0v) is 14.9. The highest BCUT2D eigenvalue weighted by Gasteiger charge is 2.17. The van der Waals surface area contributed by atoms with Gasteiger partial charge in [0.05, 0.1) is 26.3 Å². The summed E-state index contributed by atoms with van der Waals surface area (Å²) in [5, 5.41) is 2.76. The Balaban J connectivity index is 0.00000312. The topological polar surface area (TPSA) is 90.7 Å². The van der Waals surface area contributed by atoms with Crippen LogP contribution in [0.4, 0.5) is 5.69 Å². The molecule has 6 nitrogen and oxygen atoms in total. The number of anilines is 1. The Morgan fingerprint density at radius 1 is 1.04 bits per heavy atom. The molecular weight excluding hydrogens is 344 g/mol. The number of carbonyl (C=O) groups is 2. The van der Waals surface area contributed by atoms with Crippen molar-refractivity contribution in [1.29, 1.82) is 0 Å². The van der Waals surface area contributed by atoms with Gasteiger partial charge in [-0.15, -0.1) is 12.4 Å². The Hall–Kier alpha value is -2.57. The molecule has 1 amide bonds. The van der Waals surface area contributed by atoms with Gasteiger partial charge >= 0.3 is 5.97 Å². The summed E-state index contributed by atoms with van der Waals surface area (Å²) >= 11 is 0. The lowest BCUT2D eigenvalue weighted by molar-refractivity contribution is -0.115. The molecule has 2 aromatic rings. The van der Waals surface area contributed by atoms with Crippen molar-refractivity contribution in [3.05, 3.63) is 59.2 Å². The van der Waals surface area contributed by atoms with Gasteiger partial charge in [0.1, 0.15) is 5.56 Å². The number of benzene rings is 2. The summed E-state index contributed by atoms with van der Waals surface area (Å²) in [5.41, 5.74) is 8.10. The number of amides is 1. The van der Waals surface area contributed by atoms with Crippen molar-refractivity contribution in [3.8, 4) is 5.75 Å². The van der Waals surface area contributed by atoms with Crippen LogP contribution in [0.3, 0.4) is 0 Å². The van der Waals surface area contributed by atoms with Gasteiger partial charge in [-0.25, -0.2) is 4.79 Å². The molecule has 0 spiro atoms. The molecule has 0 aliphatic rings. The van der Waals surface area contributed by atoms with E-state index >= 15 is 0 Å². The Labute approximate surface area is 152 Å². The fraction of sp³-hybridized carbons (Fsp3) is 0.222. The van der Waals surface area contributed by atoms with Gasteiger partial charge in [-0.1, -0.05) is 30.3 Å². The van der Waals surface area contributed by atoms with Gasteiger partial charge < -0.3 is 20.5 Å². The molecule has 0 aromatic heterocycles. The van der Waals surface area contributed by atoms with Crippen molar-refractivity contribution in [1.82, 2.24) is 0 Å². The maximum absolute atomic E-state index is 12.2. The highest BCUT2D eigenvalue weighted by atomic mass is 35.5. The number of rotatable bonds is 6.